The molecule has 8 heteroatoms. The largest absolute Gasteiger partial charge is 0.424 e. The minimum absolute atomic E-state index is 0.0161. The monoisotopic (exact) mass is 335 g/mol. The summed E-state index contributed by atoms with van der Waals surface area (Å²) in [5, 5.41) is 3.86. The van der Waals surface area contributed by atoms with Crippen molar-refractivity contribution < 1.29 is 13.7 Å². The van der Waals surface area contributed by atoms with Crippen molar-refractivity contribution in [3.8, 4) is 34.7 Å². The smallest absolute Gasteiger partial charge is 0.321 e. The standard InChI is InChI=1S/C17H10FN5O2/c18-13-3-1-8-19-14(13)16-22-15(23-25-16)11-4-6-12(7-5-11)24-17-20-9-2-10-21-17/h1-10H. The van der Waals surface area contributed by atoms with Crippen LogP contribution in [0.15, 0.2) is 65.6 Å². The number of pyridine rings is 1. The Labute approximate surface area is 141 Å². The Balaban J connectivity index is 1.56. The van der Waals surface area contributed by atoms with Crippen LogP contribution in [0.1, 0.15) is 0 Å². The van der Waals surface area contributed by atoms with Crippen LogP contribution in [0.2, 0.25) is 0 Å². The number of rotatable bonds is 4. The molecule has 0 saturated heterocycles. The molecular formula is C17H10FN5O2. The van der Waals surface area contributed by atoms with Crippen molar-refractivity contribution in [2.24, 2.45) is 0 Å². The van der Waals surface area contributed by atoms with Crippen LogP contribution in [0, 0.1) is 5.82 Å². The number of hydrogen-bond donors (Lipinski definition) is 0. The predicted octanol–water partition coefficient (Wildman–Crippen LogP) is 3.52. The van der Waals surface area contributed by atoms with E-state index >= 15 is 0 Å². The Morgan fingerprint density at radius 3 is 2.40 bits per heavy atom. The molecule has 0 bridgehead atoms. The van der Waals surface area contributed by atoms with E-state index in [2.05, 4.69) is 25.1 Å². The highest BCUT2D eigenvalue weighted by molar-refractivity contribution is 5.59. The summed E-state index contributed by atoms with van der Waals surface area (Å²) in [6.07, 6.45) is 4.64. The lowest BCUT2D eigenvalue weighted by Gasteiger charge is -2.03. The van der Waals surface area contributed by atoms with E-state index in [0.29, 0.717) is 17.1 Å². The average Bonchev–Trinajstić information content (AvgIpc) is 3.13. The molecule has 0 fully saturated rings. The van der Waals surface area contributed by atoms with E-state index in [1.54, 1.807) is 42.7 Å². The molecule has 3 heterocycles. The molecule has 0 N–H and O–H groups in total. The topological polar surface area (TPSA) is 86.8 Å². The van der Waals surface area contributed by atoms with E-state index in [9.17, 15) is 4.39 Å². The highest BCUT2D eigenvalue weighted by atomic mass is 19.1. The summed E-state index contributed by atoms with van der Waals surface area (Å²) >= 11 is 0. The van der Waals surface area contributed by atoms with E-state index in [1.807, 2.05) is 0 Å². The average molecular weight is 335 g/mol. The fourth-order valence-electron chi connectivity index (χ4n) is 2.10. The van der Waals surface area contributed by atoms with Gasteiger partial charge in [-0.05, 0) is 42.5 Å². The van der Waals surface area contributed by atoms with Gasteiger partial charge in [0.1, 0.15) is 5.75 Å². The first-order chi connectivity index (χ1) is 12.3. The lowest BCUT2D eigenvalue weighted by molar-refractivity contribution is 0.428. The molecule has 4 aromatic rings. The number of hydrogen-bond acceptors (Lipinski definition) is 7. The Hall–Kier alpha value is -3.68. The molecule has 122 valence electrons. The second-order valence-electron chi connectivity index (χ2n) is 4.91. The summed E-state index contributed by atoms with van der Waals surface area (Å²) in [5.41, 5.74) is 0.704. The molecule has 0 amide bonds. The van der Waals surface area contributed by atoms with E-state index in [-0.39, 0.29) is 17.6 Å². The molecule has 0 saturated carbocycles. The molecule has 25 heavy (non-hydrogen) atoms. The van der Waals surface area contributed by atoms with Gasteiger partial charge in [-0.15, -0.1) is 0 Å². The first-order valence-electron chi connectivity index (χ1n) is 7.29. The maximum absolute atomic E-state index is 13.7. The Kier molecular flexibility index (Phi) is 3.83. The lowest BCUT2D eigenvalue weighted by Crippen LogP contribution is -1.90. The third kappa shape index (κ3) is 3.18. The Morgan fingerprint density at radius 1 is 0.880 bits per heavy atom. The highest BCUT2D eigenvalue weighted by Gasteiger charge is 2.15. The van der Waals surface area contributed by atoms with Gasteiger partial charge in [-0.3, -0.25) is 0 Å². The molecule has 7 nitrogen and oxygen atoms in total. The van der Waals surface area contributed by atoms with Gasteiger partial charge in [-0.2, -0.15) is 4.98 Å². The zero-order valence-electron chi connectivity index (χ0n) is 12.7. The van der Waals surface area contributed by atoms with Crippen molar-refractivity contribution in [3.63, 3.8) is 0 Å². The fraction of sp³-hybridized carbons (Fsp3) is 0. The maximum atomic E-state index is 13.7. The summed E-state index contributed by atoms with van der Waals surface area (Å²) in [5.74, 6) is 0.382. The van der Waals surface area contributed by atoms with Crippen LogP contribution in [-0.4, -0.2) is 25.1 Å². The third-order valence-corrected chi connectivity index (χ3v) is 3.25. The zero-order valence-corrected chi connectivity index (χ0v) is 12.7. The third-order valence-electron chi connectivity index (χ3n) is 3.25. The minimum atomic E-state index is -0.524. The molecule has 0 atom stereocenters. The van der Waals surface area contributed by atoms with Crippen LogP contribution < -0.4 is 4.74 Å². The van der Waals surface area contributed by atoms with Gasteiger partial charge in [0.05, 0.1) is 0 Å². The van der Waals surface area contributed by atoms with Crippen molar-refractivity contribution in [2.75, 3.05) is 0 Å². The van der Waals surface area contributed by atoms with Crippen molar-refractivity contribution >= 4 is 0 Å². The molecule has 0 aliphatic heterocycles. The molecule has 0 unspecified atom stereocenters. The van der Waals surface area contributed by atoms with E-state index in [0.717, 1.165) is 0 Å². The Bertz CT molecular complexity index is 989. The first-order valence-corrected chi connectivity index (χ1v) is 7.29. The number of nitrogens with zero attached hydrogens (tertiary/aromatic N) is 5. The molecule has 0 aliphatic carbocycles. The molecule has 0 aliphatic rings. The van der Waals surface area contributed by atoms with Gasteiger partial charge in [0.2, 0.25) is 5.82 Å². The molecule has 4 rings (SSSR count). The normalized spacial score (nSPS) is 10.6. The molecular weight excluding hydrogens is 325 g/mol. The second-order valence-corrected chi connectivity index (χ2v) is 4.91. The summed E-state index contributed by atoms with van der Waals surface area (Å²) in [6, 6.07) is 11.7. The van der Waals surface area contributed by atoms with Gasteiger partial charge >= 0.3 is 6.01 Å². The maximum Gasteiger partial charge on any atom is 0.321 e. The number of aromatic nitrogens is 5. The SMILES string of the molecule is Fc1cccnc1-c1nc(-c2ccc(Oc3ncccn3)cc2)no1. The van der Waals surface area contributed by atoms with Crippen LogP contribution in [0.3, 0.4) is 0 Å². The van der Waals surface area contributed by atoms with Crippen LogP contribution >= 0.6 is 0 Å². The Morgan fingerprint density at radius 2 is 1.64 bits per heavy atom. The van der Waals surface area contributed by atoms with Crippen LogP contribution in [0.5, 0.6) is 11.8 Å². The first kappa shape index (κ1) is 14.9. The van der Waals surface area contributed by atoms with Crippen LogP contribution in [-0.2, 0) is 0 Å². The number of benzene rings is 1. The molecule has 0 spiro atoms. The summed E-state index contributed by atoms with van der Waals surface area (Å²) in [6.45, 7) is 0. The van der Waals surface area contributed by atoms with Gasteiger partial charge in [0.15, 0.2) is 11.5 Å². The van der Waals surface area contributed by atoms with Crippen molar-refractivity contribution in [3.05, 3.63) is 66.9 Å². The predicted molar refractivity (Wildman–Crippen MR) is 85.0 cm³/mol. The van der Waals surface area contributed by atoms with E-state index in [1.165, 1.54) is 18.3 Å². The second kappa shape index (κ2) is 6.44. The number of ether oxygens (including phenoxy) is 1. The molecule has 1 aromatic carbocycles. The fourth-order valence-corrected chi connectivity index (χ4v) is 2.10. The van der Waals surface area contributed by atoms with Gasteiger partial charge in [0, 0.05) is 24.2 Å². The minimum Gasteiger partial charge on any atom is -0.424 e. The highest BCUT2D eigenvalue weighted by Crippen LogP contribution is 2.25. The number of halogens is 1. The van der Waals surface area contributed by atoms with Gasteiger partial charge in [-0.1, -0.05) is 5.16 Å². The van der Waals surface area contributed by atoms with Crippen molar-refractivity contribution in [1.82, 2.24) is 25.1 Å². The summed E-state index contributed by atoms with van der Waals surface area (Å²) < 4.78 is 24.3. The van der Waals surface area contributed by atoms with Gasteiger partial charge < -0.3 is 9.26 Å². The molecule has 3 aromatic heterocycles. The van der Waals surface area contributed by atoms with Crippen molar-refractivity contribution in [2.45, 2.75) is 0 Å². The summed E-state index contributed by atoms with van der Waals surface area (Å²) in [4.78, 5) is 16.1. The van der Waals surface area contributed by atoms with Crippen molar-refractivity contribution in [1.29, 1.82) is 0 Å². The van der Waals surface area contributed by atoms with Gasteiger partial charge in [-0.25, -0.2) is 19.3 Å². The zero-order chi connectivity index (χ0) is 17.1. The molecule has 0 radical (unpaired) electrons. The van der Waals surface area contributed by atoms with E-state index < -0.39 is 5.82 Å². The van der Waals surface area contributed by atoms with Crippen LogP contribution in [0.4, 0.5) is 4.39 Å². The summed E-state index contributed by atoms with van der Waals surface area (Å²) in [7, 11) is 0. The lowest BCUT2D eigenvalue weighted by atomic mass is 10.2. The quantitative estimate of drug-likeness (QED) is 0.564. The van der Waals surface area contributed by atoms with Crippen LogP contribution in [0.25, 0.3) is 23.0 Å². The van der Waals surface area contributed by atoms with E-state index in [4.69, 9.17) is 9.26 Å². The van der Waals surface area contributed by atoms with Gasteiger partial charge in [0.25, 0.3) is 5.89 Å².